The van der Waals surface area contributed by atoms with E-state index in [0.29, 0.717) is 5.92 Å². The van der Waals surface area contributed by atoms with E-state index >= 15 is 0 Å². The van der Waals surface area contributed by atoms with E-state index in [-0.39, 0.29) is 24.3 Å². The summed E-state index contributed by atoms with van der Waals surface area (Å²) in [6, 6.07) is 4.64. The molecule has 0 fully saturated rings. The third-order valence-corrected chi connectivity index (χ3v) is 2.83. The van der Waals surface area contributed by atoms with Gasteiger partial charge in [0, 0.05) is 6.04 Å². The molecule has 100 valence electrons. The van der Waals surface area contributed by atoms with Gasteiger partial charge in [-0.15, -0.1) is 0 Å². The van der Waals surface area contributed by atoms with Crippen LogP contribution >= 0.6 is 0 Å². The topological polar surface area (TPSA) is 38.3 Å². The normalized spacial score (nSPS) is 12.3. The summed E-state index contributed by atoms with van der Waals surface area (Å²) in [5, 5.41) is 2.80. The molecule has 1 atom stereocenters. The predicted octanol–water partition coefficient (Wildman–Crippen LogP) is 2.67. The Morgan fingerprint density at radius 2 is 2.06 bits per heavy atom. The van der Waals surface area contributed by atoms with Gasteiger partial charge in [-0.2, -0.15) is 0 Å². The van der Waals surface area contributed by atoms with Gasteiger partial charge in [-0.3, -0.25) is 4.79 Å². The Morgan fingerprint density at radius 1 is 1.39 bits per heavy atom. The first-order valence-corrected chi connectivity index (χ1v) is 6.08. The van der Waals surface area contributed by atoms with Gasteiger partial charge in [0.05, 0.1) is 0 Å². The lowest BCUT2D eigenvalue weighted by Gasteiger charge is -2.17. The van der Waals surface area contributed by atoms with Crippen molar-refractivity contribution in [2.24, 2.45) is 5.92 Å². The molecule has 0 heterocycles. The van der Waals surface area contributed by atoms with Crippen molar-refractivity contribution in [2.75, 3.05) is 6.61 Å². The first kappa shape index (κ1) is 14.5. The SMILES string of the molecule is Cc1ccc(F)c(OCC(=O)NC(C)C(C)C)c1. The van der Waals surface area contributed by atoms with E-state index in [1.807, 2.05) is 27.7 Å². The van der Waals surface area contributed by atoms with E-state index in [1.54, 1.807) is 12.1 Å². The first-order valence-electron chi connectivity index (χ1n) is 6.08. The first-order chi connectivity index (χ1) is 8.40. The molecule has 1 aromatic carbocycles. The standard InChI is InChI=1S/C14H20FNO2/c1-9(2)11(4)16-14(17)8-18-13-7-10(3)5-6-12(13)15/h5-7,9,11H,8H2,1-4H3,(H,16,17). The summed E-state index contributed by atoms with van der Waals surface area (Å²) in [4.78, 5) is 11.6. The van der Waals surface area contributed by atoms with Crippen molar-refractivity contribution < 1.29 is 13.9 Å². The van der Waals surface area contributed by atoms with Gasteiger partial charge in [0.15, 0.2) is 18.2 Å². The van der Waals surface area contributed by atoms with Gasteiger partial charge in [-0.05, 0) is 37.5 Å². The number of amides is 1. The molecule has 1 rings (SSSR count). The number of carbonyl (C=O) groups excluding carboxylic acids is 1. The molecule has 0 aromatic heterocycles. The molecule has 0 saturated heterocycles. The van der Waals surface area contributed by atoms with Crippen LogP contribution in [0.3, 0.4) is 0 Å². The predicted molar refractivity (Wildman–Crippen MR) is 69.1 cm³/mol. The van der Waals surface area contributed by atoms with E-state index in [9.17, 15) is 9.18 Å². The molecule has 1 aromatic rings. The van der Waals surface area contributed by atoms with Gasteiger partial charge >= 0.3 is 0 Å². The molecule has 1 amide bonds. The Hall–Kier alpha value is -1.58. The summed E-state index contributed by atoms with van der Waals surface area (Å²) in [5.74, 6) is -0.227. The fourth-order valence-electron chi connectivity index (χ4n) is 1.33. The van der Waals surface area contributed by atoms with Crippen LogP contribution < -0.4 is 10.1 Å². The summed E-state index contributed by atoms with van der Waals surface area (Å²) in [6.45, 7) is 7.64. The number of benzene rings is 1. The van der Waals surface area contributed by atoms with Crippen LogP contribution in [0, 0.1) is 18.7 Å². The van der Waals surface area contributed by atoms with Crippen LogP contribution in [0.5, 0.6) is 5.75 Å². The highest BCUT2D eigenvalue weighted by Crippen LogP contribution is 2.18. The molecule has 0 spiro atoms. The van der Waals surface area contributed by atoms with E-state index in [4.69, 9.17) is 4.74 Å². The monoisotopic (exact) mass is 253 g/mol. The van der Waals surface area contributed by atoms with Crippen molar-refractivity contribution in [3.05, 3.63) is 29.6 Å². The quantitative estimate of drug-likeness (QED) is 0.876. The van der Waals surface area contributed by atoms with Crippen LogP contribution in [-0.4, -0.2) is 18.6 Å². The second kappa shape index (κ2) is 6.38. The molecule has 3 nitrogen and oxygen atoms in total. The number of ether oxygens (including phenoxy) is 1. The molecular weight excluding hydrogens is 233 g/mol. The highest BCUT2D eigenvalue weighted by molar-refractivity contribution is 5.77. The molecule has 4 heteroatoms. The largest absolute Gasteiger partial charge is 0.481 e. The van der Waals surface area contributed by atoms with E-state index in [0.717, 1.165) is 5.56 Å². The molecule has 18 heavy (non-hydrogen) atoms. The Kier molecular flexibility index (Phi) is 5.13. The number of hydrogen-bond acceptors (Lipinski definition) is 2. The third-order valence-electron chi connectivity index (χ3n) is 2.83. The van der Waals surface area contributed by atoms with Crippen LogP contribution in [0.1, 0.15) is 26.3 Å². The minimum absolute atomic E-state index is 0.0726. The van der Waals surface area contributed by atoms with Crippen molar-refractivity contribution in [1.82, 2.24) is 5.32 Å². The van der Waals surface area contributed by atoms with Gasteiger partial charge in [-0.25, -0.2) is 4.39 Å². The zero-order valence-corrected chi connectivity index (χ0v) is 11.3. The van der Waals surface area contributed by atoms with Crippen molar-refractivity contribution in [3.63, 3.8) is 0 Å². The molecule has 0 bridgehead atoms. The van der Waals surface area contributed by atoms with Gasteiger partial charge < -0.3 is 10.1 Å². The van der Waals surface area contributed by atoms with E-state index in [2.05, 4.69) is 5.32 Å². The van der Waals surface area contributed by atoms with Crippen molar-refractivity contribution in [1.29, 1.82) is 0 Å². The Labute approximate surface area is 107 Å². The molecule has 1 unspecified atom stereocenters. The van der Waals surface area contributed by atoms with E-state index < -0.39 is 5.82 Å². The number of nitrogens with one attached hydrogen (secondary N) is 1. The highest BCUT2D eigenvalue weighted by Gasteiger charge is 2.12. The van der Waals surface area contributed by atoms with Gasteiger partial charge in [-0.1, -0.05) is 19.9 Å². The van der Waals surface area contributed by atoms with Gasteiger partial charge in [0.2, 0.25) is 0 Å². The lowest BCUT2D eigenvalue weighted by Crippen LogP contribution is -2.39. The smallest absolute Gasteiger partial charge is 0.258 e. The zero-order chi connectivity index (χ0) is 13.7. The Morgan fingerprint density at radius 3 is 2.67 bits per heavy atom. The molecule has 0 aliphatic heterocycles. The van der Waals surface area contributed by atoms with E-state index in [1.165, 1.54) is 6.07 Å². The van der Waals surface area contributed by atoms with Crippen molar-refractivity contribution in [3.8, 4) is 5.75 Å². The molecular formula is C14H20FNO2. The fourth-order valence-corrected chi connectivity index (χ4v) is 1.33. The van der Waals surface area contributed by atoms with Crippen molar-refractivity contribution in [2.45, 2.75) is 33.7 Å². The maximum absolute atomic E-state index is 13.4. The summed E-state index contributed by atoms with van der Waals surface area (Å²) in [5.41, 5.74) is 0.891. The van der Waals surface area contributed by atoms with Crippen LogP contribution in [0.2, 0.25) is 0 Å². The van der Waals surface area contributed by atoms with Crippen LogP contribution in [0.25, 0.3) is 0 Å². The Balaban J connectivity index is 2.50. The highest BCUT2D eigenvalue weighted by atomic mass is 19.1. The second-order valence-corrected chi connectivity index (χ2v) is 4.82. The summed E-state index contributed by atoms with van der Waals surface area (Å²) in [7, 11) is 0. The minimum atomic E-state index is -0.453. The maximum Gasteiger partial charge on any atom is 0.258 e. The number of aryl methyl sites for hydroxylation is 1. The van der Waals surface area contributed by atoms with Gasteiger partial charge in [0.25, 0.3) is 5.91 Å². The molecule has 0 saturated carbocycles. The maximum atomic E-state index is 13.4. The number of hydrogen-bond donors (Lipinski definition) is 1. The van der Waals surface area contributed by atoms with Crippen LogP contribution in [-0.2, 0) is 4.79 Å². The minimum Gasteiger partial charge on any atom is -0.481 e. The van der Waals surface area contributed by atoms with Gasteiger partial charge in [0.1, 0.15) is 0 Å². The average molecular weight is 253 g/mol. The summed E-state index contributed by atoms with van der Waals surface area (Å²) in [6.07, 6.45) is 0. The lowest BCUT2D eigenvalue weighted by atomic mass is 10.1. The second-order valence-electron chi connectivity index (χ2n) is 4.82. The summed E-state index contributed by atoms with van der Waals surface area (Å²) >= 11 is 0. The zero-order valence-electron chi connectivity index (χ0n) is 11.3. The molecule has 0 radical (unpaired) electrons. The molecule has 0 aliphatic carbocycles. The third kappa shape index (κ3) is 4.35. The fraction of sp³-hybridized carbons (Fsp3) is 0.500. The van der Waals surface area contributed by atoms with Crippen LogP contribution in [0.15, 0.2) is 18.2 Å². The number of rotatable bonds is 5. The molecule has 0 aliphatic rings. The summed E-state index contributed by atoms with van der Waals surface area (Å²) < 4.78 is 18.5. The number of halogens is 1. The number of carbonyl (C=O) groups is 1. The van der Waals surface area contributed by atoms with Crippen LogP contribution in [0.4, 0.5) is 4.39 Å². The average Bonchev–Trinajstić information content (AvgIpc) is 2.30. The Bertz CT molecular complexity index is 418. The van der Waals surface area contributed by atoms with Crippen molar-refractivity contribution >= 4 is 5.91 Å². The molecule has 1 N–H and O–H groups in total. The lowest BCUT2D eigenvalue weighted by molar-refractivity contribution is -0.124.